The second-order valence-corrected chi connectivity index (χ2v) is 13.5. The van der Waals surface area contributed by atoms with Gasteiger partial charge in [-0.15, -0.1) is 0 Å². The molecule has 11 aromatic rings. The molecule has 5 heteroatoms. The van der Waals surface area contributed by atoms with Crippen LogP contribution in [-0.4, -0.2) is 4.98 Å². The highest BCUT2D eigenvalue weighted by atomic mass is 16.4. The van der Waals surface area contributed by atoms with Crippen molar-refractivity contribution in [3.8, 4) is 33.7 Å². The average molecular weight is 695 g/mol. The van der Waals surface area contributed by atoms with Crippen molar-refractivity contribution in [2.24, 2.45) is 0 Å². The third kappa shape index (κ3) is 4.76. The molecule has 3 aromatic heterocycles. The van der Waals surface area contributed by atoms with Crippen molar-refractivity contribution < 1.29 is 13.3 Å². The lowest BCUT2D eigenvalue weighted by molar-refractivity contribution is 0.618. The van der Waals surface area contributed by atoms with Crippen LogP contribution in [0.1, 0.15) is 0 Å². The third-order valence-electron chi connectivity index (χ3n) is 10.3. The number of fused-ring (bicyclic) bond motifs is 7. The van der Waals surface area contributed by atoms with Gasteiger partial charge in [-0.25, -0.2) is 4.98 Å². The van der Waals surface area contributed by atoms with Gasteiger partial charge in [0.1, 0.15) is 28.0 Å². The minimum Gasteiger partial charge on any atom is -0.456 e. The van der Waals surface area contributed by atoms with Gasteiger partial charge in [-0.1, -0.05) is 127 Å². The first-order chi connectivity index (χ1) is 26.8. The van der Waals surface area contributed by atoms with Gasteiger partial charge in [0, 0.05) is 27.4 Å². The number of benzene rings is 8. The van der Waals surface area contributed by atoms with E-state index in [9.17, 15) is 0 Å². The van der Waals surface area contributed by atoms with Crippen LogP contribution in [0.5, 0.6) is 0 Å². The van der Waals surface area contributed by atoms with Crippen LogP contribution < -0.4 is 4.90 Å². The first kappa shape index (κ1) is 30.3. The Hall–Kier alpha value is -7.37. The van der Waals surface area contributed by atoms with Crippen molar-refractivity contribution in [3.05, 3.63) is 182 Å². The normalized spacial score (nSPS) is 11.7. The summed E-state index contributed by atoms with van der Waals surface area (Å²) in [4.78, 5) is 7.35. The lowest BCUT2D eigenvalue weighted by Crippen LogP contribution is -2.11. The molecule has 0 radical (unpaired) electrons. The number of nitrogens with zero attached hydrogens (tertiary/aromatic N) is 2. The molecule has 0 atom stereocenters. The summed E-state index contributed by atoms with van der Waals surface area (Å²) < 4.78 is 20.1. The largest absolute Gasteiger partial charge is 0.456 e. The van der Waals surface area contributed by atoms with Gasteiger partial charge in [0.25, 0.3) is 0 Å². The first-order valence-electron chi connectivity index (χ1n) is 18.0. The Kier molecular flexibility index (Phi) is 6.79. The molecular weight excluding hydrogens is 665 g/mol. The summed E-state index contributed by atoms with van der Waals surface area (Å²) in [5.74, 6) is 0.545. The smallest absolute Gasteiger partial charge is 0.227 e. The Balaban J connectivity index is 1.21. The summed E-state index contributed by atoms with van der Waals surface area (Å²) in [7, 11) is 0. The van der Waals surface area contributed by atoms with Crippen LogP contribution in [0.4, 0.5) is 17.1 Å². The van der Waals surface area contributed by atoms with E-state index in [-0.39, 0.29) is 0 Å². The number of hydrogen-bond acceptors (Lipinski definition) is 5. The quantitative estimate of drug-likeness (QED) is 0.173. The van der Waals surface area contributed by atoms with Crippen LogP contribution in [0.25, 0.3) is 88.7 Å². The second-order valence-electron chi connectivity index (χ2n) is 13.5. The van der Waals surface area contributed by atoms with Crippen LogP contribution in [0.15, 0.2) is 195 Å². The van der Waals surface area contributed by atoms with Crippen LogP contribution in [-0.2, 0) is 0 Å². The Morgan fingerprint density at radius 3 is 1.74 bits per heavy atom. The molecule has 11 rings (SSSR count). The van der Waals surface area contributed by atoms with Gasteiger partial charge in [0.05, 0.1) is 11.1 Å². The van der Waals surface area contributed by atoms with Gasteiger partial charge in [0.2, 0.25) is 5.89 Å². The predicted molar refractivity (Wildman–Crippen MR) is 220 cm³/mol. The first-order valence-corrected chi connectivity index (χ1v) is 18.0. The summed E-state index contributed by atoms with van der Waals surface area (Å²) in [6.45, 7) is 0. The zero-order valence-electron chi connectivity index (χ0n) is 28.9. The van der Waals surface area contributed by atoms with E-state index in [4.69, 9.17) is 18.2 Å². The lowest BCUT2D eigenvalue weighted by Gasteiger charge is -2.26. The maximum atomic E-state index is 6.82. The van der Waals surface area contributed by atoms with Crippen molar-refractivity contribution in [2.75, 3.05) is 4.90 Å². The standard InChI is InChI=1S/C49H30N2O3/c1-3-14-31(15-4-1)35-18-7-8-19-36(35)32-26-28-34(29-27-32)51(41-22-13-25-44-45(41)38-21-10-12-24-43(38)52-44)46-47-39(37-20-9-11-23-42(37)53-47)30-40-48(46)54-49(50-40)33-16-5-2-6-17-33/h1-30H. The van der Waals surface area contributed by atoms with E-state index in [0.717, 1.165) is 77.6 Å². The minimum absolute atomic E-state index is 0.545. The zero-order valence-corrected chi connectivity index (χ0v) is 28.9. The molecule has 0 N–H and O–H groups in total. The van der Waals surface area contributed by atoms with Crippen molar-refractivity contribution in [1.82, 2.24) is 4.98 Å². The summed E-state index contributed by atoms with van der Waals surface area (Å²) in [6, 6.07) is 62.5. The van der Waals surface area contributed by atoms with Crippen molar-refractivity contribution in [1.29, 1.82) is 0 Å². The van der Waals surface area contributed by atoms with Crippen molar-refractivity contribution >= 4 is 72.0 Å². The van der Waals surface area contributed by atoms with Crippen LogP contribution in [0, 0.1) is 0 Å². The minimum atomic E-state index is 0.545. The molecule has 8 aromatic carbocycles. The molecule has 3 heterocycles. The Morgan fingerprint density at radius 2 is 1.00 bits per heavy atom. The molecule has 0 spiro atoms. The van der Waals surface area contributed by atoms with Crippen molar-refractivity contribution in [3.63, 3.8) is 0 Å². The van der Waals surface area contributed by atoms with Gasteiger partial charge in [0.15, 0.2) is 11.2 Å². The Labute approximate surface area is 309 Å². The van der Waals surface area contributed by atoms with E-state index < -0.39 is 0 Å². The molecule has 0 saturated heterocycles. The average Bonchev–Trinajstić information content (AvgIpc) is 3.95. The van der Waals surface area contributed by atoms with E-state index in [2.05, 4.69) is 114 Å². The molecule has 0 unspecified atom stereocenters. The van der Waals surface area contributed by atoms with Gasteiger partial charge in [-0.2, -0.15) is 0 Å². The van der Waals surface area contributed by atoms with Gasteiger partial charge in [-0.3, -0.25) is 0 Å². The predicted octanol–water partition coefficient (Wildman–Crippen LogP) is 14.1. The molecule has 254 valence electrons. The molecule has 54 heavy (non-hydrogen) atoms. The summed E-state index contributed by atoms with van der Waals surface area (Å²) in [5.41, 5.74) is 12.7. The van der Waals surface area contributed by atoms with E-state index in [0.29, 0.717) is 17.1 Å². The fourth-order valence-corrected chi connectivity index (χ4v) is 7.86. The monoisotopic (exact) mass is 694 g/mol. The van der Waals surface area contributed by atoms with Gasteiger partial charge >= 0.3 is 0 Å². The molecule has 0 fully saturated rings. The second kappa shape index (κ2) is 12.1. The number of furan rings is 2. The van der Waals surface area contributed by atoms with Crippen LogP contribution in [0.3, 0.4) is 0 Å². The maximum Gasteiger partial charge on any atom is 0.227 e. The number of aromatic nitrogens is 1. The van der Waals surface area contributed by atoms with Crippen molar-refractivity contribution in [2.45, 2.75) is 0 Å². The highest BCUT2D eigenvalue weighted by molar-refractivity contribution is 6.20. The maximum absolute atomic E-state index is 6.82. The summed E-state index contributed by atoms with van der Waals surface area (Å²) in [5, 5.41) is 4.00. The van der Waals surface area contributed by atoms with E-state index in [1.165, 1.54) is 11.1 Å². The number of oxazole rings is 1. The molecule has 0 amide bonds. The molecule has 5 nitrogen and oxygen atoms in total. The van der Waals surface area contributed by atoms with Crippen LogP contribution >= 0.6 is 0 Å². The fraction of sp³-hybridized carbons (Fsp3) is 0. The number of anilines is 3. The zero-order chi connectivity index (χ0) is 35.6. The number of rotatable bonds is 6. The molecular formula is C49H30N2O3. The SMILES string of the molecule is c1ccc(-c2nc3cc4c(oc5ccccc54)c(N(c4ccc(-c5ccccc5-c5ccccc5)cc4)c4cccc5oc6ccccc6c45)c3o2)cc1. The lowest BCUT2D eigenvalue weighted by atomic mass is 9.94. The highest BCUT2D eigenvalue weighted by Crippen LogP contribution is 2.50. The number of hydrogen-bond donors (Lipinski definition) is 0. The Bertz CT molecular complexity index is 3160. The molecule has 0 saturated carbocycles. The van der Waals surface area contributed by atoms with E-state index >= 15 is 0 Å². The van der Waals surface area contributed by atoms with E-state index in [1.54, 1.807) is 0 Å². The summed E-state index contributed by atoms with van der Waals surface area (Å²) in [6.07, 6.45) is 0. The molecule has 0 bridgehead atoms. The van der Waals surface area contributed by atoms with Gasteiger partial charge in [-0.05, 0) is 76.9 Å². The highest BCUT2D eigenvalue weighted by Gasteiger charge is 2.28. The topological polar surface area (TPSA) is 55.6 Å². The molecule has 0 aliphatic carbocycles. The third-order valence-corrected chi connectivity index (χ3v) is 10.3. The van der Waals surface area contributed by atoms with Crippen LogP contribution in [0.2, 0.25) is 0 Å². The molecule has 0 aliphatic heterocycles. The van der Waals surface area contributed by atoms with E-state index in [1.807, 2.05) is 72.8 Å². The summed E-state index contributed by atoms with van der Waals surface area (Å²) >= 11 is 0. The van der Waals surface area contributed by atoms with Gasteiger partial charge < -0.3 is 18.2 Å². The fourth-order valence-electron chi connectivity index (χ4n) is 7.86. The Morgan fingerprint density at radius 1 is 0.407 bits per heavy atom. The molecule has 0 aliphatic rings. The number of para-hydroxylation sites is 2.